The third-order valence-corrected chi connectivity index (χ3v) is 4.37. The first kappa shape index (κ1) is 11.8. The second kappa shape index (κ2) is 4.44. The standard InChI is InChI=1S/C14H20N2O2/c1-9(10-2-13(17)4-14(18)3-10)16-7-11-5-15-6-12(11)8-16/h2-4,9,11-12,15,17-18H,5-8H2,1H3/t9?,11-,12+. The van der Waals surface area contributed by atoms with Crippen molar-refractivity contribution in [3.8, 4) is 11.5 Å². The highest BCUT2D eigenvalue weighted by molar-refractivity contribution is 5.38. The monoisotopic (exact) mass is 248 g/mol. The van der Waals surface area contributed by atoms with Gasteiger partial charge in [-0.25, -0.2) is 0 Å². The van der Waals surface area contributed by atoms with Crippen LogP contribution in [-0.4, -0.2) is 41.3 Å². The van der Waals surface area contributed by atoms with Crippen molar-refractivity contribution in [2.75, 3.05) is 26.2 Å². The Morgan fingerprint density at radius 1 is 1.11 bits per heavy atom. The molecule has 0 amide bonds. The number of likely N-dealkylation sites (tertiary alicyclic amines) is 1. The zero-order valence-corrected chi connectivity index (χ0v) is 10.6. The van der Waals surface area contributed by atoms with Crippen LogP contribution in [0, 0.1) is 11.8 Å². The fourth-order valence-corrected chi connectivity index (χ4v) is 3.28. The average molecular weight is 248 g/mol. The Balaban J connectivity index is 1.76. The number of benzene rings is 1. The number of fused-ring (bicyclic) bond motifs is 1. The van der Waals surface area contributed by atoms with Gasteiger partial charge in [0.15, 0.2) is 0 Å². The third-order valence-electron chi connectivity index (χ3n) is 4.37. The molecule has 4 heteroatoms. The molecule has 2 fully saturated rings. The Hall–Kier alpha value is -1.26. The van der Waals surface area contributed by atoms with Gasteiger partial charge >= 0.3 is 0 Å². The van der Waals surface area contributed by atoms with E-state index < -0.39 is 0 Å². The normalized spacial score (nSPS) is 29.4. The van der Waals surface area contributed by atoms with Crippen LogP contribution in [0.1, 0.15) is 18.5 Å². The summed E-state index contributed by atoms with van der Waals surface area (Å²) in [4.78, 5) is 2.45. The lowest BCUT2D eigenvalue weighted by atomic mass is 10.0. The molecule has 1 aromatic carbocycles. The summed E-state index contributed by atoms with van der Waals surface area (Å²) in [6.45, 7) is 6.60. The van der Waals surface area contributed by atoms with Gasteiger partial charge in [0.2, 0.25) is 0 Å². The van der Waals surface area contributed by atoms with Gasteiger partial charge in [-0.2, -0.15) is 0 Å². The summed E-state index contributed by atoms with van der Waals surface area (Å²) in [7, 11) is 0. The highest BCUT2D eigenvalue weighted by atomic mass is 16.3. The maximum Gasteiger partial charge on any atom is 0.119 e. The van der Waals surface area contributed by atoms with Gasteiger partial charge in [-0.1, -0.05) is 0 Å². The highest BCUT2D eigenvalue weighted by Crippen LogP contribution is 2.34. The van der Waals surface area contributed by atoms with E-state index in [1.54, 1.807) is 12.1 Å². The van der Waals surface area contributed by atoms with E-state index in [4.69, 9.17) is 0 Å². The number of rotatable bonds is 2. The van der Waals surface area contributed by atoms with Gasteiger partial charge in [0.05, 0.1) is 0 Å². The lowest BCUT2D eigenvalue weighted by molar-refractivity contribution is 0.243. The molecule has 2 aliphatic heterocycles. The fraction of sp³-hybridized carbons (Fsp3) is 0.571. The second-order valence-corrected chi connectivity index (χ2v) is 5.59. The summed E-state index contributed by atoms with van der Waals surface area (Å²) in [6.07, 6.45) is 0. The Morgan fingerprint density at radius 2 is 1.67 bits per heavy atom. The van der Waals surface area contributed by atoms with Gasteiger partial charge in [0.25, 0.3) is 0 Å². The summed E-state index contributed by atoms with van der Waals surface area (Å²) in [6, 6.07) is 5.11. The molecule has 0 bridgehead atoms. The number of phenols is 2. The molecule has 3 N–H and O–H groups in total. The number of aromatic hydroxyl groups is 2. The van der Waals surface area contributed by atoms with E-state index in [-0.39, 0.29) is 17.5 Å². The smallest absolute Gasteiger partial charge is 0.119 e. The van der Waals surface area contributed by atoms with Gasteiger partial charge in [-0.3, -0.25) is 4.90 Å². The Morgan fingerprint density at radius 3 is 2.22 bits per heavy atom. The highest BCUT2D eigenvalue weighted by Gasteiger charge is 2.37. The zero-order valence-electron chi connectivity index (χ0n) is 10.6. The van der Waals surface area contributed by atoms with Gasteiger partial charge in [-0.05, 0) is 49.5 Å². The molecule has 2 heterocycles. The molecule has 98 valence electrons. The third kappa shape index (κ3) is 2.06. The first-order valence-electron chi connectivity index (χ1n) is 6.61. The largest absolute Gasteiger partial charge is 0.508 e. The van der Waals surface area contributed by atoms with Crippen molar-refractivity contribution in [1.29, 1.82) is 0 Å². The summed E-state index contributed by atoms with van der Waals surface area (Å²) in [5.41, 5.74) is 0.987. The van der Waals surface area contributed by atoms with Crippen molar-refractivity contribution in [2.45, 2.75) is 13.0 Å². The lowest BCUT2D eigenvalue weighted by Crippen LogP contribution is -2.28. The van der Waals surface area contributed by atoms with Crippen molar-refractivity contribution in [3.63, 3.8) is 0 Å². The van der Waals surface area contributed by atoms with Gasteiger partial charge < -0.3 is 15.5 Å². The maximum atomic E-state index is 9.56. The van der Waals surface area contributed by atoms with Crippen LogP contribution in [0.2, 0.25) is 0 Å². The zero-order chi connectivity index (χ0) is 12.7. The Bertz CT molecular complexity index is 417. The van der Waals surface area contributed by atoms with E-state index in [1.807, 2.05) is 0 Å². The molecule has 18 heavy (non-hydrogen) atoms. The predicted molar refractivity (Wildman–Crippen MR) is 69.6 cm³/mol. The molecule has 3 atom stereocenters. The van der Waals surface area contributed by atoms with Crippen LogP contribution >= 0.6 is 0 Å². The summed E-state index contributed by atoms with van der Waals surface area (Å²) < 4.78 is 0. The van der Waals surface area contributed by atoms with E-state index >= 15 is 0 Å². The molecule has 1 unspecified atom stereocenters. The van der Waals surface area contributed by atoms with E-state index in [2.05, 4.69) is 17.1 Å². The topological polar surface area (TPSA) is 55.7 Å². The number of nitrogens with zero attached hydrogens (tertiary/aromatic N) is 1. The molecule has 2 saturated heterocycles. The average Bonchev–Trinajstić information content (AvgIpc) is 2.86. The molecular weight excluding hydrogens is 228 g/mol. The molecule has 0 radical (unpaired) electrons. The Labute approximate surface area is 107 Å². The molecule has 0 spiro atoms. The minimum absolute atomic E-state index is 0.137. The number of hydrogen-bond donors (Lipinski definition) is 3. The minimum Gasteiger partial charge on any atom is -0.508 e. The number of hydrogen-bond acceptors (Lipinski definition) is 4. The molecule has 0 aromatic heterocycles. The van der Waals surface area contributed by atoms with Crippen LogP contribution in [0.25, 0.3) is 0 Å². The van der Waals surface area contributed by atoms with Crippen molar-refractivity contribution >= 4 is 0 Å². The van der Waals surface area contributed by atoms with Crippen LogP contribution in [-0.2, 0) is 0 Å². The van der Waals surface area contributed by atoms with Crippen molar-refractivity contribution < 1.29 is 10.2 Å². The van der Waals surface area contributed by atoms with Crippen LogP contribution in [0.15, 0.2) is 18.2 Å². The van der Waals surface area contributed by atoms with E-state index in [0.29, 0.717) is 0 Å². The number of nitrogens with one attached hydrogen (secondary N) is 1. The van der Waals surface area contributed by atoms with Crippen molar-refractivity contribution in [1.82, 2.24) is 10.2 Å². The molecule has 4 nitrogen and oxygen atoms in total. The van der Waals surface area contributed by atoms with Gasteiger partial charge in [-0.15, -0.1) is 0 Å². The van der Waals surface area contributed by atoms with Crippen LogP contribution in [0.3, 0.4) is 0 Å². The van der Waals surface area contributed by atoms with Crippen molar-refractivity contribution in [2.24, 2.45) is 11.8 Å². The van der Waals surface area contributed by atoms with E-state index in [1.165, 1.54) is 6.07 Å². The Kier molecular flexibility index (Phi) is 2.92. The summed E-state index contributed by atoms with van der Waals surface area (Å²) >= 11 is 0. The van der Waals surface area contributed by atoms with Crippen molar-refractivity contribution in [3.05, 3.63) is 23.8 Å². The predicted octanol–water partition coefficient (Wildman–Crippen LogP) is 1.31. The summed E-state index contributed by atoms with van der Waals surface area (Å²) in [5, 5.41) is 22.6. The van der Waals surface area contributed by atoms with Crippen LogP contribution in [0.5, 0.6) is 11.5 Å². The quantitative estimate of drug-likeness (QED) is 0.738. The van der Waals surface area contributed by atoms with Gasteiger partial charge in [0.1, 0.15) is 11.5 Å². The molecule has 0 saturated carbocycles. The minimum atomic E-state index is 0.137. The summed E-state index contributed by atoms with van der Waals surface area (Å²) in [5.74, 6) is 1.80. The number of phenolic OH excluding ortho intramolecular Hbond substituents is 2. The molecule has 0 aliphatic carbocycles. The first-order valence-corrected chi connectivity index (χ1v) is 6.61. The molecule has 1 aromatic rings. The first-order chi connectivity index (χ1) is 8.63. The molecule has 3 rings (SSSR count). The van der Waals surface area contributed by atoms with E-state index in [9.17, 15) is 10.2 Å². The molecular formula is C14H20N2O2. The van der Waals surface area contributed by atoms with E-state index in [0.717, 1.165) is 43.6 Å². The van der Waals surface area contributed by atoms with Gasteiger partial charge in [0, 0.05) is 25.2 Å². The molecule has 2 aliphatic rings. The van der Waals surface area contributed by atoms with Crippen LogP contribution in [0.4, 0.5) is 0 Å². The fourth-order valence-electron chi connectivity index (χ4n) is 3.28. The lowest BCUT2D eigenvalue weighted by Gasteiger charge is -2.25. The van der Waals surface area contributed by atoms with Crippen LogP contribution < -0.4 is 5.32 Å². The maximum absolute atomic E-state index is 9.56. The SMILES string of the molecule is CC(c1cc(O)cc(O)c1)N1C[C@H]2CNC[C@H]2C1. The second-order valence-electron chi connectivity index (χ2n) is 5.59.